The molecule has 0 amide bonds. The number of benzene rings is 1. The van der Waals surface area contributed by atoms with Gasteiger partial charge in [-0.05, 0) is 56.3 Å². The van der Waals surface area contributed by atoms with Crippen LogP contribution in [0.1, 0.15) is 48.9 Å². The molecule has 2 saturated heterocycles. The molecule has 0 aliphatic carbocycles. The lowest BCUT2D eigenvalue weighted by Crippen LogP contribution is -2.59. The number of rotatable bonds is 3. The molecule has 0 aromatic heterocycles. The number of aliphatic hydroxyl groups is 1. The molecule has 1 aromatic carbocycles. The van der Waals surface area contributed by atoms with Gasteiger partial charge in [0, 0.05) is 12.1 Å². The third-order valence-corrected chi connectivity index (χ3v) is 5.59. The van der Waals surface area contributed by atoms with Crippen molar-refractivity contribution in [2.45, 2.75) is 64.1 Å². The predicted molar refractivity (Wildman–Crippen MR) is 89.2 cm³/mol. The topological polar surface area (TPSA) is 32.7 Å². The summed E-state index contributed by atoms with van der Waals surface area (Å²) < 4.78 is 5.72. The highest BCUT2D eigenvalue weighted by Gasteiger charge is 2.46. The fourth-order valence-electron chi connectivity index (χ4n) is 4.44. The van der Waals surface area contributed by atoms with Crippen LogP contribution < -0.4 is 0 Å². The van der Waals surface area contributed by atoms with E-state index >= 15 is 0 Å². The quantitative estimate of drug-likeness (QED) is 0.932. The van der Waals surface area contributed by atoms with Gasteiger partial charge in [0.05, 0.1) is 18.8 Å². The number of ether oxygens (including phenoxy) is 1. The van der Waals surface area contributed by atoms with Crippen LogP contribution in [0.25, 0.3) is 0 Å². The fraction of sp³-hybridized carbons (Fsp3) is 0.684. The van der Waals surface area contributed by atoms with Crippen molar-refractivity contribution in [1.29, 1.82) is 0 Å². The number of likely N-dealkylation sites (N-methyl/N-ethyl adjacent to an activating group) is 1. The zero-order chi connectivity index (χ0) is 15.9. The van der Waals surface area contributed by atoms with Gasteiger partial charge in [0.2, 0.25) is 0 Å². The summed E-state index contributed by atoms with van der Waals surface area (Å²) in [6.45, 7) is 8.03. The van der Waals surface area contributed by atoms with Gasteiger partial charge in [-0.2, -0.15) is 0 Å². The Morgan fingerprint density at radius 3 is 2.09 bits per heavy atom. The Balaban J connectivity index is 2.06. The van der Waals surface area contributed by atoms with Crippen LogP contribution in [0.5, 0.6) is 0 Å². The van der Waals surface area contributed by atoms with E-state index in [1.54, 1.807) is 0 Å². The van der Waals surface area contributed by atoms with Crippen molar-refractivity contribution in [3.63, 3.8) is 0 Å². The minimum atomic E-state index is -0.698. The minimum absolute atomic E-state index is 0.327. The van der Waals surface area contributed by atoms with Gasteiger partial charge >= 0.3 is 0 Å². The molecule has 2 fully saturated rings. The van der Waals surface area contributed by atoms with Crippen LogP contribution in [-0.2, 0) is 23.2 Å². The van der Waals surface area contributed by atoms with Crippen LogP contribution in [0.4, 0.5) is 0 Å². The first-order valence-electron chi connectivity index (χ1n) is 8.63. The van der Waals surface area contributed by atoms with E-state index in [2.05, 4.69) is 44.9 Å². The molecule has 2 heterocycles. The molecule has 2 atom stereocenters. The van der Waals surface area contributed by atoms with Gasteiger partial charge in [-0.15, -0.1) is 0 Å². The van der Waals surface area contributed by atoms with Crippen molar-refractivity contribution in [2.75, 3.05) is 20.3 Å². The van der Waals surface area contributed by atoms with Crippen LogP contribution in [0, 0.1) is 6.92 Å². The second-order valence-electron chi connectivity index (χ2n) is 7.12. The van der Waals surface area contributed by atoms with Crippen molar-refractivity contribution in [3.05, 3.63) is 34.4 Å². The molecule has 2 unspecified atom stereocenters. The van der Waals surface area contributed by atoms with Gasteiger partial charge in [-0.1, -0.05) is 31.5 Å². The van der Waals surface area contributed by atoms with Gasteiger partial charge in [0.25, 0.3) is 0 Å². The molecule has 0 spiro atoms. The average Bonchev–Trinajstić information content (AvgIpc) is 2.48. The maximum Gasteiger partial charge on any atom is 0.0933 e. The first-order valence-corrected chi connectivity index (χ1v) is 8.63. The molecule has 2 bridgehead atoms. The van der Waals surface area contributed by atoms with Gasteiger partial charge < -0.3 is 9.84 Å². The number of aryl methyl sites for hydroxylation is 3. The van der Waals surface area contributed by atoms with E-state index in [1.807, 2.05) is 0 Å². The number of hydrogen-bond donors (Lipinski definition) is 1. The summed E-state index contributed by atoms with van der Waals surface area (Å²) in [5, 5.41) is 11.6. The second kappa shape index (κ2) is 5.95. The lowest BCUT2D eigenvalue weighted by Gasteiger charge is -2.51. The number of piperidine rings is 1. The lowest BCUT2D eigenvalue weighted by molar-refractivity contribution is -0.138. The molecular formula is C19H29NO2. The molecule has 1 N–H and O–H groups in total. The van der Waals surface area contributed by atoms with E-state index < -0.39 is 5.60 Å². The van der Waals surface area contributed by atoms with Crippen LogP contribution in [-0.4, -0.2) is 42.4 Å². The summed E-state index contributed by atoms with van der Waals surface area (Å²) in [7, 11) is 2.17. The SMILES string of the molecule is CCc1cc(C)cc(CC)c1C1(O)CC2COCC(C1)N2C. The molecule has 3 rings (SSSR count). The highest BCUT2D eigenvalue weighted by molar-refractivity contribution is 5.43. The molecule has 3 heteroatoms. The van der Waals surface area contributed by atoms with Gasteiger partial charge in [-0.3, -0.25) is 4.90 Å². The van der Waals surface area contributed by atoms with E-state index in [0.717, 1.165) is 38.9 Å². The Hall–Kier alpha value is -0.900. The zero-order valence-corrected chi connectivity index (χ0v) is 14.4. The van der Waals surface area contributed by atoms with E-state index in [4.69, 9.17) is 4.74 Å². The van der Waals surface area contributed by atoms with Gasteiger partial charge in [0.1, 0.15) is 0 Å². The maximum absolute atomic E-state index is 11.6. The van der Waals surface area contributed by atoms with E-state index in [0.29, 0.717) is 12.1 Å². The summed E-state index contributed by atoms with van der Waals surface area (Å²) in [6.07, 6.45) is 3.52. The maximum atomic E-state index is 11.6. The van der Waals surface area contributed by atoms with E-state index in [1.165, 1.54) is 22.3 Å². The normalized spacial score (nSPS) is 32.2. The van der Waals surface area contributed by atoms with Crippen molar-refractivity contribution in [2.24, 2.45) is 0 Å². The smallest absolute Gasteiger partial charge is 0.0933 e. The van der Waals surface area contributed by atoms with E-state index in [-0.39, 0.29) is 0 Å². The van der Waals surface area contributed by atoms with Crippen LogP contribution in [0.3, 0.4) is 0 Å². The lowest BCUT2D eigenvalue weighted by atomic mass is 9.73. The molecule has 22 heavy (non-hydrogen) atoms. The number of hydrogen-bond acceptors (Lipinski definition) is 3. The largest absolute Gasteiger partial charge is 0.385 e. The summed E-state index contributed by atoms with van der Waals surface area (Å²) >= 11 is 0. The van der Waals surface area contributed by atoms with Gasteiger partial charge in [-0.25, -0.2) is 0 Å². The minimum Gasteiger partial charge on any atom is -0.385 e. The van der Waals surface area contributed by atoms with Crippen molar-refractivity contribution >= 4 is 0 Å². The van der Waals surface area contributed by atoms with Crippen LogP contribution in [0.2, 0.25) is 0 Å². The Labute approximate surface area is 134 Å². The summed E-state index contributed by atoms with van der Waals surface area (Å²) in [4.78, 5) is 2.41. The van der Waals surface area contributed by atoms with Gasteiger partial charge in [0.15, 0.2) is 0 Å². The second-order valence-corrected chi connectivity index (χ2v) is 7.12. The molecule has 1 aromatic rings. The standard InChI is InChI=1S/C19H29NO2/c1-5-14-7-13(3)8-15(6-2)18(14)19(21)9-16-11-22-12-17(10-19)20(16)4/h7-8,16-17,21H,5-6,9-12H2,1-4H3. The average molecular weight is 303 g/mol. The highest BCUT2D eigenvalue weighted by atomic mass is 16.5. The summed E-state index contributed by atoms with van der Waals surface area (Å²) in [5.74, 6) is 0. The van der Waals surface area contributed by atoms with Crippen molar-refractivity contribution in [3.8, 4) is 0 Å². The molecule has 122 valence electrons. The number of fused-ring (bicyclic) bond motifs is 2. The molecule has 2 aliphatic rings. The Morgan fingerprint density at radius 2 is 1.64 bits per heavy atom. The third kappa shape index (κ3) is 2.60. The summed E-state index contributed by atoms with van der Waals surface area (Å²) in [5.41, 5.74) is 4.46. The zero-order valence-electron chi connectivity index (χ0n) is 14.4. The molecule has 3 nitrogen and oxygen atoms in total. The third-order valence-electron chi connectivity index (χ3n) is 5.59. The Kier molecular flexibility index (Phi) is 4.32. The monoisotopic (exact) mass is 303 g/mol. The molecule has 0 saturated carbocycles. The first-order chi connectivity index (χ1) is 10.5. The Morgan fingerprint density at radius 1 is 1.14 bits per heavy atom. The van der Waals surface area contributed by atoms with E-state index in [9.17, 15) is 5.11 Å². The van der Waals surface area contributed by atoms with Crippen molar-refractivity contribution < 1.29 is 9.84 Å². The predicted octanol–water partition coefficient (Wildman–Crippen LogP) is 2.80. The van der Waals surface area contributed by atoms with Crippen LogP contribution in [0.15, 0.2) is 12.1 Å². The first kappa shape index (κ1) is 16.0. The Bertz CT molecular complexity index is 515. The molecular weight excluding hydrogens is 274 g/mol. The molecule has 0 radical (unpaired) electrons. The summed E-state index contributed by atoms with van der Waals surface area (Å²) in [6, 6.07) is 5.18. The molecule has 2 aliphatic heterocycles. The highest BCUT2D eigenvalue weighted by Crippen LogP contribution is 2.43. The van der Waals surface area contributed by atoms with Crippen LogP contribution >= 0.6 is 0 Å². The fourth-order valence-corrected chi connectivity index (χ4v) is 4.44. The van der Waals surface area contributed by atoms with Crippen molar-refractivity contribution in [1.82, 2.24) is 4.90 Å². The number of nitrogens with zero attached hydrogens (tertiary/aromatic N) is 1. The number of morpholine rings is 1.